The fourth-order valence-electron chi connectivity index (χ4n) is 3.93. The fraction of sp³-hybridized carbons (Fsp3) is 0.560. The van der Waals surface area contributed by atoms with Gasteiger partial charge in [-0.15, -0.1) is 0 Å². The van der Waals surface area contributed by atoms with Crippen molar-refractivity contribution >= 4 is 11.7 Å². The second-order valence-corrected chi connectivity index (χ2v) is 9.72. The summed E-state index contributed by atoms with van der Waals surface area (Å²) in [5, 5.41) is 9.54. The van der Waals surface area contributed by atoms with Crippen molar-refractivity contribution in [1.29, 1.82) is 0 Å². The summed E-state index contributed by atoms with van der Waals surface area (Å²) >= 11 is 0. The van der Waals surface area contributed by atoms with Gasteiger partial charge in [-0.2, -0.15) is 0 Å². The molecule has 31 heavy (non-hydrogen) atoms. The first kappa shape index (κ1) is 23.0. The minimum Gasteiger partial charge on any atom is -0.481 e. The van der Waals surface area contributed by atoms with Crippen molar-refractivity contribution in [2.45, 2.75) is 60.3 Å². The molecule has 6 heteroatoms. The van der Waals surface area contributed by atoms with Crippen molar-refractivity contribution in [2.24, 2.45) is 11.3 Å². The smallest absolute Gasteiger partial charge is 0.307 e. The molecule has 0 radical (unpaired) electrons. The van der Waals surface area contributed by atoms with E-state index in [1.807, 2.05) is 25.3 Å². The lowest BCUT2D eigenvalue weighted by molar-refractivity contribution is -0.136. The number of aryl methyl sites for hydroxylation is 1. The maximum absolute atomic E-state index is 11.6. The number of hydrogen-bond acceptors (Lipinski definition) is 5. The lowest BCUT2D eigenvalue weighted by Gasteiger charge is -2.40. The Morgan fingerprint density at radius 1 is 1.19 bits per heavy atom. The van der Waals surface area contributed by atoms with E-state index in [1.165, 1.54) is 0 Å². The van der Waals surface area contributed by atoms with Crippen molar-refractivity contribution in [3.63, 3.8) is 0 Å². The van der Waals surface area contributed by atoms with Crippen LogP contribution in [0.5, 0.6) is 5.88 Å². The third kappa shape index (κ3) is 5.96. The van der Waals surface area contributed by atoms with Crippen molar-refractivity contribution in [3.8, 4) is 17.0 Å². The SMILES string of the molecule is Cc1ncc(-c2ccc(OCCC(C)C)nc2)c(N2CCC(C)(C)CC2)c1CC(=O)O. The van der Waals surface area contributed by atoms with Gasteiger partial charge in [0.1, 0.15) is 0 Å². The van der Waals surface area contributed by atoms with E-state index in [1.54, 1.807) is 6.20 Å². The summed E-state index contributed by atoms with van der Waals surface area (Å²) in [7, 11) is 0. The van der Waals surface area contributed by atoms with Gasteiger partial charge in [-0.05, 0) is 43.6 Å². The number of aromatic nitrogens is 2. The molecule has 168 valence electrons. The number of ether oxygens (including phenoxy) is 1. The quantitative estimate of drug-likeness (QED) is 0.632. The van der Waals surface area contributed by atoms with Gasteiger partial charge < -0.3 is 14.7 Å². The number of pyridine rings is 2. The maximum atomic E-state index is 11.6. The number of aliphatic carboxylic acids is 1. The van der Waals surface area contributed by atoms with Gasteiger partial charge in [0.25, 0.3) is 0 Å². The van der Waals surface area contributed by atoms with E-state index in [4.69, 9.17) is 4.74 Å². The summed E-state index contributed by atoms with van der Waals surface area (Å²) in [4.78, 5) is 23.0. The zero-order valence-corrected chi connectivity index (χ0v) is 19.4. The number of rotatable bonds is 8. The largest absolute Gasteiger partial charge is 0.481 e. The van der Waals surface area contributed by atoms with Crippen LogP contribution >= 0.6 is 0 Å². The number of carboxylic acids is 1. The zero-order valence-electron chi connectivity index (χ0n) is 19.4. The molecule has 0 unspecified atom stereocenters. The van der Waals surface area contributed by atoms with Crippen LogP contribution in [0.25, 0.3) is 11.1 Å². The molecule has 3 rings (SSSR count). The number of hydrogen-bond donors (Lipinski definition) is 1. The van der Waals surface area contributed by atoms with Gasteiger partial charge in [-0.25, -0.2) is 4.98 Å². The Morgan fingerprint density at radius 3 is 2.48 bits per heavy atom. The molecule has 0 aliphatic carbocycles. The lowest BCUT2D eigenvalue weighted by atomic mass is 9.82. The van der Waals surface area contributed by atoms with Crippen LogP contribution in [0, 0.1) is 18.3 Å². The molecular weight excluding hydrogens is 390 g/mol. The number of nitrogens with zero attached hydrogens (tertiary/aromatic N) is 3. The van der Waals surface area contributed by atoms with E-state index in [0.29, 0.717) is 23.8 Å². The highest BCUT2D eigenvalue weighted by Gasteiger charge is 2.29. The van der Waals surface area contributed by atoms with Gasteiger partial charge in [0, 0.05) is 53.9 Å². The van der Waals surface area contributed by atoms with E-state index in [0.717, 1.165) is 60.4 Å². The van der Waals surface area contributed by atoms with Crippen LogP contribution < -0.4 is 9.64 Å². The molecule has 0 saturated carbocycles. The van der Waals surface area contributed by atoms with Crippen molar-refractivity contribution in [2.75, 3.05) is 24.6 Å². The van der Waals surface area contributed by atoms with E-state index >= 15 is 0 Å². The molecule has 0 amide bonds. The average Bonchev–Trinajstić information content (AvgIpc) is 2.70. The molecule has 2 aromatic rings. The predicted octanol–water partition coefficient (Wildman–Crippen LogP) is 5.13. The molecule has 1 aliphatic heterocycles. The molecule has 0 spiro atoms. The monoisotopic (exact) mass is 425 g/mol. The fourth-order valence-corrected chi connectivity index (χ4v) is 3.93. The lowest BCUT2D eigenvalue weighted by Crippen LogP contribution is -2.38. The zero-order chi connectivity index (χ0) is 22.6. The number of piperidine rings is 1. The number of carboxylic acid groups (broad SMARTS) is 1. The highest BCUT2D eigenvalue weighted by atomic mass is 16.5. The molecule has 2 aromatic heterocycles. The van der Waals surface area contributed by atoms with Gasteiger partial charge in [0.2, 0.25) is 5.88 Å². The number of carbonyl (C=O) groups is 1. The van der Waals surface area contributed by atoms with Gasteiger partial charge in [-0.3, -0.25) is 9.78 Å². The first-order chi connectivity index (χ1) is 14.7. The second-order valence-electron chi connectivity index (χ2n) is 9.72. The molecule has 0 atom stereocenters. The molecule has 1 saturated heterocycles. The number of anilines is 1. The summed E-state index contributed by atoms with van der Waals surface area (Å²) in [5.74, 6) is 0.354. The third-order valence-electron chi connectivity index (χ3n) is 6.12. The van der Waals surface area contributed by atoms with Gasteiger partial charge in [-0.1, -0.05) is 27.7 Å². The second kappa shape index (κ2) is 9.67. The standard InChI is InChI=1S/C25H35N3O3/c1-17(2)8-13-31-22-7-6-19(15-27-22)21-16-26-18(3)20(14-23(29)30)24(21)28-11-9-25(4,5)10-12-28/h6-7,15-17H,8-14H2,1-5H3,(H,29,30). The van der Waals surface area contributed by atoms with Crippen LogP contribution in [-0.4, -0.2) is 40.7 Å². The average molecular weight is 426 g/mol. The van der Waals surface area contributed by atoms with E-state index in [-0.39, 0.29) is 6.42 Å². The van der Waals surface area contributed by atoms with Gasteiger partial charge in [0.15, 0.2) is 0 Å². The minimum absolute atomic E-state index is 0.0360. The summed E-state index contributed by atoms with van der Waals surface area (Å²) in [5.41, 5.74) is 4.72. The highest BCUT2D eigenvalue weighted by Crippen LogP contribution is 2.39. The highest BCUT2D eigenvalue weighted by molar-refractivity contribution is 5.84. The van der Waals surface area contributed by atoms with E-state index in [2.05, 4.69) is 42.6 Å². The summed E-state index contributed by atoms with van der Waals surface area (Å²) in [6.07, 6.45) is 6.75. The molecule has 1 fully saturated rings. The first-order valence-corrected chi connectivity index (χ1v) is 11.2. The van der Waals surface area contributed by atoms with E-state index < -0.39 is 5.97 Å². The Balaban J connectivity index is 1.95. The predicted molar refractivity (Wildman–Crippen MR) is 124 cm³/mol. The molecule has 3 heterocycles. The van der Waals surface area contributed by atoms with Gasteiger partial charge in [0.05, 0.1) is 18.7 Å². The third-order valence-corrected chi connectivity index (χ3v) is 6.12. The van der Waals surface area contributed by atoms with Gasteiger partial charge >= 0.3 is 5.97 Å². The summed E-state index contributed by atoms with van der Waals surface area (Å²) < 4.78 is 5.76. The van der Waals surface area contributed by atoms with Crippen LogP contribution in [0.15, 0.2) is 24.5 Å². The van der Waals surface area contributed by atoms with Crippen LogP contribution in [0.4, 0.5) is 5.69 Å². The molecular formula is C25H35N3O3. The molecule has 0 bridgehead atoms. The molecule has 1 N–H and O–H groups in total. The molecule has 0 aromatic carbocycles. The summed E-state index contributed by atoms with van der Waals surface area (Å²) in [6.45, 7) is 13.3. The van der Waals surface area contributed by atoms with E-state index in [9.17, 15) is 9.90 Å². The minimum atomic E-state index is -0.840. The normalized spacial score (nSPS) is 15.9. The topological polar surface area (TPSA) is 75.6 Å². The Labute approximate surface area is 185 Å². The van der Waals surface area contributed by atoms with Crippen LogP contribution in [0.2, 0.25) is 0 Å². The molecule has 6 nitrogen and oxygen atoms in total. The van der Waals surface area contributed by atoms with Crippen LogP contribution in [0.3, 0.4) is 0 Å². The van der Waals surface area contributed by atoms with Crippen molar-refractivity contribution < 1.29 is 14.6 Å². The Hall–Kier alpha value is -2.63. The van der Waals surface area contributed by atoms with Crippen LogP contribution in [-0.2, 0) is 11.2 Å². The van der Waals surface area contributed by atoms with Crippen molar-refractivity contribution in [1.82, 2.24) is 9.97 Å². The molecule has 1 aliphatic rings. The summed E-state index contributed by atoms with van der Waals surface area (Å²) in [6, 6.07) is 3.88. The maximum Gasteiger partial charge on any atom is 0.307 e. The van der Waals surface area contributed by atoms with Crippen molar-refractivity contribution in [3.05, 3.63) is 35.8 Å². The first-order valence-electron chi connectivity index (χ1n) is 11.2. The van der Waals surface area contributed by atoms with Crippen LogP contribution in [0.1, 0.15) is 58.2 Å². The Morgan fingerprint density at radius 2 is 1.90 bits per heavy atom. The Kier molecular flexibility index (Phi) is 7.19. The Bertz CT molecular complexity index is 897.